The quantitative estimate of drug-likeness (QED) is 0.573. The minimum atomic E-state index is -3.60. The number of hydrogen-bond donors (Lipinski definition) is 1. The number of benzene rings is 3. The Morgan fingerprint density at radius 2 is 1.61 bits per heavy atom. The van der Waals surface area contributed by atoms with Crippen LogP contribution in [0.4, 0.5) is 5.69 Å². The molecule has 0 radical (unpaired) electrons. The van der Waals surface area contributed by atoms with Gasteiger partial charge in [-0.15, -0.1) is 0 Å². The maximum Gasteiger partial charge on any atom is 0.255 e. The summed E-state index contributed by atoms with van der Waals surface area (Å²) in [5.41, 5.74) is 3.75. The number of sulfonamides is 1. The van der Waals surface area contributed by atoms with Crippen molar-refractivity contribution in [3.8, 4) is 0 Å². The number of amides is 2. The molecule has 0 spiro atoms. The van der Waals surface area contributed by atoms with E-state index in [-0.39, 0.29) is 23.3 Å². The monoisotopic (exact) mass is 503 g/mol. The summed E-state index contributed by atoms with van der Waals surface area (Å²) >= 11 is 0. The minimum Gasteiger partial charge on any atom is -0.324 e. The molecule has 5 rings (SSSR count). The molecule has 2 aliphatic heterocycles. The normalized spacial score (nSPS) is 18.8. The van der Waals surface area contributed by atoms with Gasteiger partial charge in [0.2, 0.25) is 15.9 Å². The zero-order chi connectivity index (χ0) is 25.3. The third-order valence-electron chi connectivity index (χ3n) is 6.83. The van der Waals surface area contributed by atoms with Crippen LogP contribution in [-0.2, 0) is 14.8 Å². The number of piperidine rings is 1. The Morgan fingerprint density at radius 1 is 0.917 bits per heavy atom. The Hall–Kier alpha value is -3.49. The van der Waals surface area contributed by atoms with E-state index in [9.17, 15) is 18.0 Å². The van der Waals surface area contributed by atoms with E-state index in [1.54, 1.807) is 17.0 Å². The highest BCUT2D eigenvalue weighted by molar-refractivity contribution is 7.89. The van der Waals surface area contributed by atoms with Gasteiger partial charge in [0.15, 0.2) is 0 Å². The summed E-state index contributed by atoms with van der Waals surface area (Å²) in [4.78, 5) is 28.4. The van der Waals surface area contributed by atoms with Gasteiger partial charge >= 0.3 is 0 Å². The average molecular weight is 504 g/mol. The number of carbonyl (C=O) groups is 2. The van der Waals surface area contributed by atoms with E-state index in [2.05, 4.69) is 5.32 Å². The molecule has 0 bridgehead atoms. The number of nitrogens with zero attached hydrogens (tertiary/aromatic N) is 2. The molecule has 7 nitrogen and oxygen atoms in total. The van der Waals surface area contributed by atoms with E-state index < -0.39 is 16.1 Å². The van der Waals surface area contributed by atoms with Crippen LogP contribution in [0.25, 0.3) is 0 Å². The van der Waals surface area contributed by atoms with Gasteiger partial charge in [-0.05, 0) is 55.7 Å². The molecule has 36 heavy (non-hydrogen) atoms. The van der Waals surface area contributed by atoms with Gasteiger partial charge in [0.25, 0.3) is 5.91 Å². The number of anilines is 1. The predicted molar refractivity (Wildman–Crippen MR) is 138 cm³/mol. The van der Waals surface area contributed by atoms with Gasteiger partial charge in [0.1, 0.15) is 6.54 Å². The second-order valence-electron chi connectivity index (χ2n) is 9.37. The molecule has 1 atom stereocenters. The lowest BCUT2D eigenvalue weighted by molar-refractivity contribution is -0.117. The average Bonchev–Trinajstić information content (AvgIpc) is 3.05. The molecular weight excluding hydrogens is 474 g/mol. The second-order valence-corrected chi connectivity index (χ2v) is 11.3. The first-order chi connectivity index (χ1) is 17.3. The van der Waals surface area contributed by atoms with E-state index in [0.717, 1.165) is 36.0 Å². The Kier molecular flexibility index (Phi) is 6.64. The molecule has 2 amide bonds. The lowest BCUT2D eigenvalue weighted by Gasteiger charge is -2.31. The van der Waals surface area contributed by atoms with Crippen molar-refractivity contribution in [2.45, 2.75) is 37.1 Å². The van der Waals surface area contributed by atoms with Crippen molar-refractivity contribution in [2.24, 2.45) is 0 Å². The molecule has 1 fully saturated rings. The number of hydrogen-bond acceptors (Lipinski definition) is 4. The number of nitrogens with one attached hydrogen (secondary N) is 1. The zero-order valence-corrected chi connectivity index (χ0v) is 21.0. The Bertz CT molecular complexity index is 1380. The van der Waals surface area contributed by atoms with Gasteiger partial charge in [0, 0.05) is 29.9 Å². The maximum absolute atomic E-state index is 13.8. The topological polar surface area (TPSA) is 86.8 Å². The largest absolute Gasteiger partial charge is 0.324 e. The molecule has 186 valence electrons. The molecule has 1 N–H and O–H groups in total. The molecule has 2 heterocycles. The van der Waals surface area contributed by atoms with Gasteiger partial charge < -0.3 is 10.2 Å². The van der Waals surface area contributed by atoms with Crippen LogP contribution in [0.2, 0.25) is 0 Å². The molecule has 2 aliphatic rings. The summed E-state index contributed by atoms with van der Waals surface area (Å²) in [6, 6.07) is 21.0. The van der Waals surface area contributed by atoms with Crippen molar-refractivity contribution in [1.82, 2.24) is 9.21 Å². The smallest absolute Gasteiger partial charge is 0.255 e. The van der Waals surface area contributed by atoms with Gasteiger partial charge in [-0.1, -0.05) is 54.4 Å². The van der Waals surface area contributed by atoms with Crippen molar-refractivity contribution in [2.75, 3.05) is 25.0 Å². The molecule has 0 aliphatic carbocycles. The van der Waals surface area contributed by atoms with Crippen LogP contribution >= 0.6 is 0 Å². The lowest BCUT2D eigenvalue weighted by Crippen LogP contribution is -2.39. The molecule has 3 aromatic rings. The molecular formula is C28H29N3O4S. The first-order valence-electron chi connectivity index (χ1n) is 12.2. The Labute approximate surface area is 211 Å². The Balaban J connectivity index is 1.52. The van der Waals surface area contributed by atoms with Gasteiger partial charge in [0.05, 0.1) is 10.9 Å². The highest BCUT2D eigenvalue weighted by atomic mass is 32.2. The van der Waals surface area contributed by atoms with E-state index in [0.29, 0.717) is 24.3 Å². The van der Waals surface area contributed by atoms with E-state index in [1.807, 2.05) is 55.5 Å². The molecule has 0 saturated carbocycles. The van der Waals surface area contributed by atoms with Gasteiger partial charge in [-0.3, -0.25) is 9.59 Å². The highest BCUT2D eigenvalue weighted by Crippen LogP contribution is 2.37. The van der Waals surface area contributed by atoms with Gasteiger partial charge in [-0.25, -0.2) is 8.42 Å². The summed E-state index contributed by atoms with van der Waals surface area (Å²) in [5, 5.41) is 2.93. The van der Waals surface area contributed by atoms with Crippen LogP contribution < -0.4 is 5.32 Å². The third kappa shape index (κ3) is 4.66. The summed E-state index contributed by atoms with van der Waals surface area (Å²) < 4.78 is 27.6. The van der Waals surface area contributed by atoms with Crippen LogP contribution in [0.1, 0.15) is 52.4 Å². The van der Waals surface area contributed by atoms with Crippen LogP contribution in [0.15, 0.2) is 77.7 Å². The maximum atomic E-state index is 13.8. The second kappa shape index (κ2) is 9.87. The molecule has 1 unspecified atom stereocenters. The number of carbonyl (C=O) groups excluding carboxylic acids is 2. The Morgan fingerprint density at radius 3 is 2.31 bits per heavy atom. The molecule has 1 saturated heterocycles. The first kappa shape index (κ1) is 24.2. The summed E-state index contributed by atoms with van der Waals surface area (Å²) in [6.07, 6.45) is 2.75. The van der Waals surface area contributed by atoms with Crippen LogP contribution in [0.3, 0.4) is 0 Å². The lowest BCUT2D eigenvalue weighted by atomic mass is 9.94. The number of fused-ring (bicyclic) bond motifs is 1. The van der Waals surface area contributed by atoms with Crippen molar-refractivity contribution in [1.29, 1.82) is 0 Å². The van der Waals surface area contributed by atoms with Crippen molar-refractivity contribution in [3.63, 3.8) is 0 Å². The zero-order valence-electron chi connectivity index (χ0n) is 20.2. The minimum absolute atomic E-state index is 0.125. The fourth-order valence-electron chi connectivity index (χ4n) is 5.00. The fourth-order valence-corrected chi connectivity index (χ4v) is 6.52. The van der Waals surface area contributed by atoms with Crippen molar-refractivity contribution in [3.05, 3.63) is 95.1 Å². The van der Waals surface area contributed by atoms with E-state index in [1.165, 1.54) is 16.4 Å². The molecule has 0 aromatic heterocycles. The van der Waals surface area contributed by atoms with E-state index in [4.69, 9.17) is 0 Å². The predicted octanol–water partition coefficient (Wildman–Crippen LogP) is 4.35. The standard InChI is InChI=1S/C28H29N3O4S/c1-20-10-15-25-24(18-20)27(21-8-4-2-5-9-21)31(19-26(32)29-25)28(33)22-11-13-23(14-12-22)36(34,35)30-16-6-3-7-17-30/h2,4-5,8-15,18,27H,3,6-7,16-17,19H2,1H3,(H,29,32). The number of rotatable bonds is 4. The van der Waals surface area contributed by atoms with Crippen molar-refractivity contribution < 1.29 is 18.0 Å². The van der Waals surface area contributed by atoms with Crippen LogP contribution in [0.5, 0.6) is 0 Å². The fraction of sp³-hybridized carbons (Fsp3) is 0.286. The van der Waals surface area contributed by atoms with Crippen LogP contribution in [-0.4, -0.2) is 49.1 Å². The van der Waals surface area contributed by atoms with Crippen LogP contribution in [0, 0.1) is 6.92 Å². The first-order valence-corrected chi connectivity index (χ1v) is 13.6. The van der Waals surface area contributed by atoms with Gasteiger partial charge in [-0.2, -0.15) is 4.31 Å². The summed E-state index contributed by atoms with van der Waals surface area (Å²) in [7, 11) is -3.60. The van der Waals surface area contributed by atoms with Crippen molar-refractivity contribution >= 4 is 27.5 Å². The third-order valence-corrected chi connectivity index (χ3v) is 8.74. The highest BCUT2D eigenvalue weighted by Gasteiger charge is 2.34. The molecule has 3 aromatic carbocycles. The van der Waals surface area contributed by atoms with E-state index >= 15 is 0 Å². The summed E-state index contributed by atoms with van der Waals surface area (Å²) in [6.45, 7) is 2.88. The molecule has 8 heteroatoms. The SMILES string of the molecule is Cc1ccc2c(c1)C(c1ccccc1)N(C(=O)c1ccc(S(=O)(=O)N3CCCCC3)cc1)CC(=O)N2. The summed E-state index contributed by atoms with van der Waals surface area (Å²) in [5.74, 6) is -0.619. The number of aryl methyl sites for hydroxylation is 1.